The number of nitrogens with zero attached hydrogens (tertiary/aromatic N) is 1. The van der Waals surface area contributed by atoms with E-state index in [0.717, 1.165) is 10.9 Å². The van der Waals surface area contributed by atoms with E-state index in [1.807, 2.05) is 11.3 Å². The van der Waals surface area contributed by atoms with Gasteiger partial charge in [0.1, 0.15) is 5.01 Å². The van der Waals surface area contributed by atoms with Gasteiger partial charge in [0, 0.05) is 22.4 Å². The Kier molecular flexibility index (Phi) is 3.27. The van der Waals surface area contributed by atoms with Crippen molar-refractivity contribution < 1.29 is 0 Å². The molecule has 1 fully saturated rings. The lowest BCUT2D eigenvalue weighted by molar-refractivity contribution is 0.738. The Balaban J connectivity index is 2.03. The minimum Gasteiger partial charge on any atom is -0.325 e. The zero-order chi connectivity index (χ0) is 11.7. The number of thiophene rings is 1. The molecule has 0 bridgehead atoms. The number of hydrogen-bond acceptors (Lipinski definition) is 4. The van der Waals surface area contributed by atoms with Crippen molar-refractivity contribution in [2.75, 3.05) is 0 Å². The molecule has 3 rings (SSSR count). The van der Waals surface area contributed by atoms with Gasteiger partial charge < -0.3 is 5.73 Å². The lowest BCUT2D eigenvalue weighted by atomic mass is 10.0. The molecule has 2 nitrogen and oxygen atoms in total. The summed E-state index contributed by atoms with van der Waals surface area (Å²) in [5.74, 6) is 0.725. The van der Waals surface area contributed by atoms with Crippen molar-refractivity contribution in [3.8, 4) is 11.3 Å². The van der Waals surface area contributed by atoms with Crippen molar-refractivity contribution in [1.29, 1.82) is 0 Å². The second kappa shape index (κ2) is 4.88. The van der Waals surface area contributed by atoms with Crippen molar-refractivity contribution in [3.63, 3.8) is 0 Å². The van der Waals surface area contributed by atoms with Crippen LogP contribution in [0.1, 0.15) is 41.5 Å². The SMILES string of the molecule is NCc1nc(-c2ccsc2)c(C2CCCC2)s1. The minimum absolute atomic E-state index is 0.564. The van der Waals surface area contributed by atoms with Crippen LogP contribution in [0, 0.1) is 0 Å². The third-order valence-electron chi connectivity index (χ3n) is 3.39. The van der Waals surface area contributed by atoms with Crippen LogP contribution in [0.3, 0.4) is 0 Å². The fourth-order valence-electron chi connectivity index (χ4n) is 2.54. The molecular formula is C13H16N2S2. The Hall–Kier alpha value is -0.710. The minimum atomic E-state index is 0.564. The fraction of sp³-hybridized carbons (Fsp3) is 0.462. The molecule has 0 atom stereocenters. The Labute approximate surface area is 110 Å². The molecule has 1 saturated carbocycles. The first kappa shape index (κ1) is 11.4. The average Bonchev–Trinajstić information content (AvgIpc) is 3.09. The maximum absolute atomic E-state index is 5.73. The van der Waals surface area contributed by atoms with Crippen molar-refractivity contribution in [3.05, 3.63) is 26.7 Å². The number of thiazole rings is 1. The van der Waals surface area contributed by atoms with E-state index in [4.69, 9.17) is 10.7 Å². The van der Waals surface area contributed by atoms with Crippen LogP contribution >= 0.6 is 22.7 Å². The second-order valence-electron chi connectivity index (χ2n) is 4.52. The molecule has 0 aliphatic heterocycles. The number of hydrogen-bond donors (Lipinski definition) is 1. The van der Waals surface area contributed by atoms with Gasteiger partial charge in [0.2, 0.25) is 0 Å². The lowest BCUT2D eigenvalue weighted by Crippen LogP contribution is -1.94. The number of rotatable bonds is 3. The molecule has 0 aromatic carbocycles. The van der Waals surface area contributed by atoms with E-state index < -0.39 is 0 Å². The Bertz CT molecular complexity index is 481. The van der Waals surface area contributed by atoms with Crippen LogP contribution in [0.2, 0.25) is 0 Å². The molecule has 1 aliphatic carbocycles. The molecule has 0 unspecified atom stereocenters. The largest absolute Gasteiger partial charge is 0.325 e. The maximum atomic E-state index is 5.73. The monoisotopic (exact) mass is 264 g/mol. The first-order valence-corrected chi connectivity index (χ1v) is 7.86. The summed E-state index contributed by atoms with van der Waals surface area (Å²) in [5.41, 5.74) is 8.20. The van der Waals surface area contributed by atoms with Crippen molar-refractivity contribution >= 4 is 22.7 Å². The topological polar surface area (TPSA) is 38.9 Å². The Morgan fingerprint density at radius 2 is 2.18 bits per heavy atom. The number of aromatic nitrogens is 1. The van der Waals surface area contributed by atoms with Crippen LogP contribution in [0.4, 0.5) is 0 Å². The van der Waals surface area contributed by atoms with Gasteiger partial charge in [0.05, 0.1) is 5.69 Å². The van der Waals surface area contributed by atoms with Gasteiger partial charge in [0.25, 0.3) is 0 Å². The fourth-order valence-corrected chi connectivity index (χ4v) is 4.31. The molecule has 2 heterocycles. The first-order chi connectivity index (χ1) is 8.38. The molecule has 0 amide bonds. The van der Waals surface area contributed by atoms with E-state index in [1.54, 1.807) is 11.3 Å². The third kappa shape index (κ3) is 2.17. The van der Waals surface area contributed by atoms with Crippen LogP contribution in [-0.2, 0) is 6.54 Å². The van der Waals surface area contributed by atoms with Gasteiger partial charge in [-0.15, -0.1) is 11.3 Å². The zero-order valence-electron chi connectivity index (χ0n) is 9.69. The van der Waals surface area contributed by atoms with Crippen LogP contribution in [-0.4, -0.2) is 4.98 Å². The molecule has 17 heavy (non-hydrogen) atoms. The van der Waals surface area contributed by atoms with Crippen molar-refractivity contribution in [2.24, 2.45) is 5.73 Å². The summed E-state index contributed by atoms with van der Waals surface area (Å²) in [5, 5.41) is 5.39. The normalized spacial score (nSPS) is 16.8. The molecule has 0 spiro atoms. The van der Waals surface area contributed by atoms with Gasteiger partial charge in [-0.25, -0.2) is 4.98 Å². The summed E-state index contributed by atoms with van der Waals surface area (Å²) in [6, 6.07) is 2.17. The summed E-state index contributed by atoms with van der Waals surface area (Å²) >= 11 is 3.56. The standard InChI is InChI=1S/C13H16N2S2/c14-7-11-15-12(10-5-6-16-8-10)13(17-11)9-3-1-2-4-9/h5-6,8-9H,1-4,7,14H2. The summed E-state index contributed by atoms with van der Waals surface area (Å²) in [6.07, 6.45) is 5.37. The Morgan fingerprint density at radius 3 is 2.82 bits per heavy atom. The molecular weight excluding hydrogens is 248 g/mol. The predicted molar refractivity (Wildman–Crippen MR) is 74.5 cm³/mol. The molecule has 0 radical (unpaired) electrons. The van der Waals surface area contributed by atoms with Gasteiger partial charge in [-0.1, -0.05) is 12.8 Å². The van der Waals surface area contributed by atoms with E-state index in [2.05, 4.69) is 16.8 Å². The lowest BCUT2D eigenvalue weighted by Gasteiger charge is -2.07. The molecule has 1 aliphatic rings. The highest BCUT2D eigenvalue weighted by Gasteiger charge is 2.24. The molecule has 2 N–H and O–H groups in total. The van der Waals surface area contributed by atoms with Gasteiger partial charge >= 0.3 is 0 Å². The second-order valence-corrected chi connectivity index (χ2v) is 6.41. The molecule has 0 saturated heterocycles. The smallest absolute Gasteiger partial charge is 0.107 e. The van der Waals surface area contributed by atoms with Gasteiger partial charge in [-0.2, -0.15) is 11.3 Å². The summed E-state index contributed by atoms with van der Waals surface area (Å²) in [6.45, 7) is 0.564. The Morgan fingerprint density at radius 1 is 1.35 bits per heavy atom. The van der Waals surface area contributed by atoms with Gasteiger partial charge in [-0.3, -0.25) is 0 Å². The summed E-state index contributed by atoms with van der Waals surface area (Å²) < 4.78 is 0. The zero-order valence-corrected chi connectivity index (χ0v) is 11.3. The highest BCUT2D eigenvalue weighted by Crippen LogP contribution is 2.42. The van der Waals surface area contributed by atoms with E-state index in [0.29, 0.717) is 6.54 Å². The van der Waals surface area contributed by atoms with E-state index in [-0.39, 0.29) is 0 Å². The van der Waals surface area contributed by atoms with Crippen LogP contribution in [0.15, 0.2) is 16.8 Å². The molecule has 2 aromatic rings. The predicted octanol–water partition coefficient (Wildman–Crippen LogP) is 3.99. The summed E-state index contributed by atoms with van der Waals surface area (Å²) in [7, 11) is 0. The van der Waals surface area contributed by atoms with Crippen LogP contribution in [0.5, 0.6) is 0 Å². The van der Waals surface area contributed by atoms with E-state index >= 15 is 0 Å². The van der Waals surface area contributed by atoms with Gasteiger partial charge in [0.15, 0.2) is 0 Å². The molecule has 4 heteroatoms. The quantitative estimate of drug-likeness (QED) is 0.910. The summed E-state index contributed by atoms with van der Waals surface area (Å²) in [4.78, 5) is 6.19. The highest BCUT2D eigenvalue weighted by molar-refractivity contribution is 7.12. The molecule has 90 valence electrons. The van der Waals surface area contributed by atoms with E-state index in [1.165, 1.54) is 41.8 Å². The maximum Gasteiger partial charge on any atom is 0.107 e. The van der Waals surface area contributed by atoms with Crippen molar-refractivity contribution in [1.82, 2.24) is 4.98 Å². The first-order valence-electron chi connectivity index (χ1n) is 6.10. The van der Waals surface area contributed by atoms with E-state index in [9.17, 15) is 0 Å². The van der Waals surface area contributed by atoms with Gasteiger partial charge in [-0.05, 0) is 30.2 Å². The van der Waals surface area contributed by atoms with Crippen molar-refractivity contribution in [2.45, 2.75) is 38.1 Å². The number of nitrogens with two attached hydrogens (primary N) is 1. The van der Waals surface area contributed by atoms with Crippen LogP contribution in [0.25, 0.3) is 11.3 Å². The third-order valence-corrected chi connectivity index (χ3v) is 5.32. The average molecular weight is 264 g/mol. The van der Waals surface area contributed by atoms with Crippen LogP contribution < -0.4 is 5.73 Å². The highest BCUT2D eigenvalue weighted by atomic mass is 32.1. The molecule has 2 aromatic heterocycles.